The second kappa shape index (κ2) is 8.24. The Morgan fingerprint density at radius 2 is 2.00 bits per heavy atom. The molecule has 2 aromatic rings. The molecule has 0 aliphatic carbocycles. The largest absolute Gasteiger partial charge is 0.573 e. The number of halogens is 3. The summed E-state index contributed by atoms with van der Waals surface area (Å²) in [6, 6.07) is 8.23. The van der Waals surface area contributed by atoms with Crippen molar-refractivity contribution in [3.63, 3.8) is 0 Å². The molecule has 10 heteroatoms. The molecule has 0 amide bonds. The molecule has 1 N–H and O–H groups in total. The van der Waals surface area contributed by atoms with Crippen LogP contribution in [0, 0.1) is 0 Å². The molecule has 0 bridgehead atoms. The predicted octanol–water partition coefficient (Wildman–Crippen LogP) is 3.86. The molecule has 1 heterocycles. The highest BCUT2D eigenvalue weighted by Gasteiger charge is 2.31. The molecule has 0 aliphatic heterocycles. The topological polar surface area (TPSA) is 55.4 Å². The van der Waals surface area contributed by atoms with Crippen molar-refractivity contribution in [1.82, 2.24) is 4.72 Å². The van der Waals surface area contributed by atoms with E-state index in [1.54, 1.807) is 23.1 Å². The van der Waals surface area contributed by atoms with Gasteiger partial charge in [0.1, 0.15) is 5.75 Å². The van der Waals surface area contributed by atoms with Crippen LogP contribution in [-0.2, 0) is 15.8 Å². The number of hydrogen-bond donors (Lipinski definition) is 1. The summed E-state index contributed by atoms with van der Waals surface area (Å²) in [5, 5.41) is 1.97. The minimum absolute atomic E-state index is 0.183. The monoisotopic (exact) mass is 397 g/mol. The Morgan fingerprint density at radius 3 is 2.67 bits per heavy atom. The average molecular weight is 397 g/mol. The lowest BCUT2D eigenvalue weighted by Crippen LogP contribution is -2.26. The minimum Gasteiger partial charge on any atom is -0.406 e. The van der Waals surface area contributed by atoms with Crippen LogP contribution in [0.2, 0.25) is 0 Å². The Morgan fingerprint density at radius 1 is 1.21 bits per heavy atom. The number of benzene rings is 1. The number of rotatable bonds is 8. The van der Waals surface area contributed by atoms with Crippen molar-refractivity contribution in [3.8, 4) is 5.75 Å². The van der Waals surface area contributed by atoms with Crippen LogP contribution in [-0.4, -0.2) is 27.1 Å². The van der Waals surface area contributed by atoms with E-state index in [2.05, 4.69) is 9.46 Å². The Bertz CT molecular complexity index is 746. The number of sulfonamides is 1. The van der Waals surface area contributed by atoms with Gasteiger partial charge in [0.25, 0.3) is 0 Å². The van der Waals surface area contributed by atoms with Gasteiger partial charge in [0.05, 0.1) is 4.90 Å². The normalized spacial score (nSPS) is 12.3. The Labute approximate surface area is 146 Å². The summed E-state index contributed by atoms with van der Waals surface area (Å²) in [5.74, 6) is 0.766. The first-order chi connectivity index (χ1) is 11.3. The quantitative estimate of drug-likeness (QED) is 0.688. The van der Waals surface area contributed by atoms with Gasteiger partial charge in [-0.2, -0.15) is 11.8 Å². The van der Waals surface area contributed by atoms with Gasteiger partial charge in [-0.05, 0) is 23.6 Å². The summed E-state index contributed by atoms with van der Waals surface area (Å²) in [4.78, 5) is 0.923. The van der Waals surface area contributed by atoms with Gasteiger partial charge in [-0.3, -0.25) is 0 Å². The standard InChI is InChI=1S/C14H14F3NO3S3/c15-14(16,17)21-11-3-1-5-13(9-11)24(19,20)18-6-8-22-10-12-4-2-7-23-12/h1-5,7,9,18H,6,8,10H2. The van der Waals surface area contributed by atoms with E-state index in [4.69, 9.17) is 0 Å². The molecule has 0 radical (unpaired) electrons. The van der Waals surface area contributed by atoms with Crippen molar-refractivity contribution in [2.75, 3.05) is 12.3 Å². The van der Waals surface area contributed by atoms with Gasteiger partial charge in [-0.15, -0.1) is 24.5 Å². The number of thioether (sulfide) groups is 1. The summed E-state index contributed by atoms with van der Waals surface area (Å²) in [7, 11) is -3.88. The fourth-order valence-corrected chi connectivity index (χ4v) is 4.63. The summed E-state index contributed by atoms with van der Waals surface area (Å²) < 4.78 is 66.8. The summed E-state index contributed by atoms with van der Waals surface area (Å²) in [6.45, 7) is 0.183. The number of ether oxygens (including phenoxy) is 1. The third kappa shape index (κ3) is 6.34. The van der Waals surface area contributed by atoms with Crippen LogP contribution in [0.15, 0.2) is 46.7 Å². The van der Waals surface area contributed by atoms with Crippen LogP contribution < -0.4 is 9.46 Å². The Kier molecular flexibility index (Phi) is 6.55. The number of hydrogen-bond acceptors (Lipinski definition) is 5. The highest BCUT2D eigenvalue weighted by Crippen LogP contribution is 2.25. The molecule has 0 saturated carbocycles. The lowest BCUT2D eigenvalue weighted by molar-refractivity contribution is -0.274. The first-order valence-corrected chi connectivity index (χ1v) is 10.2. The molecule has 4 nitrogen and oxygen atoms in total. The fraction of sp³-hybridized carbons (Fsp3) is 0.286. The predicted molar refractivity (Wildman–Crippen MR) is 88.8 cm³/mol. The number of alkyl halides is 3. The van der Waals surface area contributed by atoms with E-state index in [-0.39, 0.29) is 11.4 Å². The van der Waals surface area contributed by atoms with E-state index in [0.29, 0.717) is 5.75 Å². The van der Waals surface area contributed by atoms with Crippen LogP contribution >= 0.6 is 23.1 Å². The van der Waals surface area contributed by atoms with Crippen LogP contribution in [0.4, 0.5) is 13.2 Å². The first kappa shape index (κ1) is 19.1. The second-order valence-electron chi connectivity index (χ2n) is 4.55. The second-order valence-corrected chi connectivity index (χ2v) is 8.46. The van der Waals surface area contributed by atoms with Crippen LogP contribution in [0.5, 0.6) is 5.75 Å². The molecule has 0 aliphatic rings. The van der Waals surface area contributed by atoms with E-state index < -0.39 is 22.1 Å². The van der Waals surface area contributed by atoms with Crippen molar-refractivity contribution in [2.24, 2.45) is 0 Å². The van der Waals surface area contributed by atoms with Gasteiger partial charge < -0.3 is 4.74 Å². The fourth-order valence-electron chi connectivity index (χ4n) is 1.74. The average Bonchev–Trinajstić information content (AvgIpc) is 2.98. The molecule has 2 rings (SSSR count). The first-order valence-electron chi connectivity index (χ1n) is 6.72. The molecular formula is C14H14F3NO3S3. The third-order valence-corrected chi connectivity index (χ3v) is 6.24. The zero-order chi connectivity index (χ0) is 17.6. The summed E-state index contributed by atoms with van der Waals surface area (Å²) in [5.41, 5.74) is 0. The van der Waals surface area contributed by atoms with E-state index in [9.17, 15) is 21.6 Å². The number of nitrogens with one attached hydrogen (secondary N) is 1. The summed E-state index contributed by atoms with van der Waals surface area (Å²) in [6.07, 6.45) is -4.87. The molecule has 0 fully saturated rings. The maximum Gasteiger partial charge on any atom is 0.573 e. The molecule has 0 saturated heterocycles. The highest BCUT2D eigenvalue weighted by atomic mass is 32.2. The van der Waals surface area contributed by atoms with Crippen molar-refractivity contribution in [3.05, 3.63) is 46.7 Å². The van der Waals surface area contributed by atoms with Gasteiger partial charge in [0, 0.05) is 29.0 Å². The van der Waals surface area contributed by atoms with Crippen molar-refractivity contribution in [1.29, 1.82) is 0 Å². The molecule has 0 spiro atoms. The molecule has 132 valence electrons. The van der Waals surface area contributed by atoms with E-state index in [1.165, 1.54) is 17.0 Å². The summed E-state index contributed by atoms with van der Waals surface area (Å²) >= 11 is 3.19. The van der Waals surface area contributed by atoms with Crippen LogP contribution in [0.1, 0.15) is 4.88 Å². The lowest BCUT2D eigenvalue weighted by atomic mass is 10.3. The van der Waals surface area contributed by atoms with Crippen molar-refractivity contribution in [2.45, 2.75) is 17.0 Å². The third-order valence-electron chi connectivity index (χ3n) is 2.71. The van der Waals surface area contributed by atoms with Crippen LogP contribution in [0.25, 0.3) is 0 Å². The number of thiophene rings is 1. The Hall–Kier alpha value is -1.23. The van der Waals surface area contributed by atoms with Gasteiger partial charge in [0.2, 0.25) is 10.0 Å². The Balaban J connectivity index is 1.86. The molecule has 1 aromatic carbocycles. The van der Waals surface area contributed by atoms with E-state index in [1.807, 2.05) is 17.5 Å². The zero-order valence-corrected chi connectivity index (χ0v) is 14.7. The van der Waals surface area contributed by atoms with E-state index in [0.717, 1.165) is 17.9 Å². The molecule has 0 unspecified atom stereocenters. The molecule has 24 heavy (non-hydrogen) atoms. The maximum atomic E-state index is 12.2. The lowest BCUT2D eigenvalue weighted by Gasteiger charge is -2.11. The zero-order valence-electron chi connectivity index (χ0n) is 12.2. The van der Waals surface area contributed by atoms with E-state index >= 15 is 0 Å². The highest BCUT2D eigenvalue weighted by molar-refractivity contribution is 7.98. The van der Waals surface area contributed by atoms with Gasteiger partial charge >= 0.3 is 6.36 Å². The SMILES string of the molecule is O=S(=O)(NCCSCc1cccs1)c1cccc(OC(F)(F)F)c1. The smallest absolute Gasteiger partial charge is 0.406 e. The minimum atomic E-state index is -4.87. The van der Waals surface area contributed by atoms with Crippen LogP contribution in [0.3, 0.4) is 0 Å². The molecule has 1 aromatic heterocycles. The van der Waals surface area contributed by atoms with Crippen molar-refractivity contribution < 1.29 is 26.3 Å². The molecule has 0 atom stereocenters. The van der Waals surface area contributed by atoms with Gasteiger partial charge in [0.15, 0.2) is 0 Å². The molecular weight excluding hydrogens is 383 g/mol. The van der Waals surface area contributed by atoms with Crippen molar-refractivity contribution >= 4 is 33.1 Å². The van der Waals surface area contributed by atoms with Gasteiger partial charge in [-0.1, -0.05) is 12.1 Å². The maximum absolute atomic E-state index is 12.2. The van der Waals surface area contributed by atoms with Gasteiger partial charge in [-0.25, -0.2) is 13.1 Å².